The summed E-state index contributed by atoms with van der Waals surface area (Å²) in [4.78, 5) is 0. The molecule has 0 amide bonds. The summed E-state index contributed by atoms with van der Waals surface area (Å²) in [5.41, 5.74) is 5.93. The van der Waals surface area contributed by atoms with Gasteiger partial charge in [-0.25, -0.2) is 0 Å². The minimum Gasteiger partial charge on any atom is -0.497 e. The molecule has 0 saturated heterocycles. The third kappa shape index (κ3) is 3.92. The fourth-order valence-electron chi connectivity index (χ4n) is 3.47. The van der Waals surface area contributed by atoms with Gasteiger partial charge in [-0.2, -0.15) is 0 Å². The van der Waals surface area contributed by atoms with Crippen LogP contribution in [0.5, 0.6) is 17.2 Å². The van der Waals surface area contributed by atoms with Crippen LogP contribution < -0.4 is 14.2 Å². The second-order valence-electron chi connectivity index (χ2n) is 6.68. The molecule has 3 rings (SSSR count). The Morgan fingerprint density at radius 1 is 0.630 bits per heavy atom. The Hall–Kier alpha value is -2.94. The van der Waals surface area contributed by atoms with Crippen LogP contribution in [0.25, 0.3) is 0 Å². The lowest BCUT2D eigenvalue weighted by Gasteiger charge is -2.24. The molecule has 3 heteroatoms. The van der Waals surface area contributed by atoms with E-state index in [1.54, 1.807) is 21.3 Å². The molecule has 0 heterocycles. The summed E-state index contributed by atoms with van der Waals surface area (Å²) in [6, 6.07) is 20.9. The number of hydrogen-bond donors (Lipinski definition) is 0. The number of benzene rings is 3. The van der Waals surface area contributed by atoms with Crippen molar-refractivity contribution in [3.63, 3.8) is 0 Å². The number of hydrogen-bond acceptors (Lipinski definition) is 3. The van der Waals surface area contributed by atoms with E-state index in [9.17, 15) is 0 Å². The summed E-state index contributed by atoms with van der Waals surface area (Å²) < 4.78 is 16.5. The number of rotatable bonds is 6. The molecule has 0 fully saturated rings. The van der Waals surface area contributed by atoms with Gasteiger partial charge in [-0.15, -0.1) is 0 Å². The monoisotopic (exact) mass is 362 g/mol. The molecule has 3 aromatic rings. The Morgan fingerprint density at radius 2 is 1.19 bits per heavy atom. The van der Waals surface area contributed by atoms with Crippen LogP contribution in [0, 0.1) is 13.8 Å². The molecule has 0 aliphatic rings. The first kappa shape index (κ1) is 18.8. The third-order valence-corrected chi connectivity index (χ3v) is 4.93. The van der Waals surface area contributed by atoms with Gasteiger partial charge >= 0.3 is 0 Å². The average Bonchev–Trinajstić information content (AvgIpc) is 2.70. The van der Waals surface area contributed by atoms with Crippen molar-refractivity contribution in [3.8, 4) is 17.2 Å². The Labute approximate surface area is 161 Å². The fraction of sp³-hybridized carbons (Fsp3) is 0.250. The van der Waals surface area contributed by atoms with Gasteiger partial charge in [0.1, 0.15) is 17.2 Å². The summed E-state index contributed by atoms with van der Waals surface area (Å²) in [5.74, 6) is 2.52. The molecule has 27 heavy (non-hydrogen) atoms. The van der Waals surface area contributed by atoms with Crippen molar-refractivity contribution in [2.24, 2.45) is 0 Å². The molecule has 1 atom stereocenters. The van der Waals surface area contributed by atoms with Gasteiger partial charge in [-0.1, -0.05) is 42.0 Å². The van der Waals surface area contributed by atoms with Crippen LogP contribution in [0.3, 0.4) is 0 Å². The second-order valence-corrected chi connectivity index (χ2v) is 6.68. The van der Waals surface area contributed by atoms with Crippen molar-refractivity contribution < 1.29 is 14.2 Å². The normalized spacial score (nSPS) is 11.7. The van der Waals surface area contributed by atoms with Gasteiger partial charge in [0.25, 0.3) is 0 Å². The molecule has 0 radical (unpaired) electrons. The van der Waals surface area contributed by atoms with Crippen molar-refractivity contribution in [2.45, 2.75) is 19.8 Å². The van der Waals surface area contributed by atoms with Crippen LogP contribution >= 0.6 is 0 Å². The van der Waals surface area contributed by atoms with Crippen LogP contribution in [-0.4, -0.2) is 21.3 Å². The summed E-state index contributed by atoms with van der Waals surface area (Å²) in [6.45, 7) is 4.20. The molecule has 0 aliphatic heterocycles. The first-order valence-electron chi connectivity index (χ1n) is 9.00. The summed E-state index contributed by atoms with van der Waals surface area (Å²) in [6.07, 6.45) is 0. The quantitative estimate of drug-likeness (QED) is 0.541. The van der Waals surface area contributed by atoms with Crippen LogP contribution in [0.4, 0.5) is 0 Å². The molecule has 140 valence electrons. The maximum absolute atomic E-state index is 5.76. The zero-order valence-electron chi connectivity index (χ0n) is 16.6. The molecule has 0 N–H and O–H groups in total. The van der Waals surface area contributed by atoms with Crippen molar-refractivity contribution in [2.75, 3.05) is 21.3 Å². The van der Waals surface area contributed by atoms with Crippen LogP contribution in [0.15, 0.2) is 60.7 Å². The molecule has 3 nitrogen and oxygen atoms in total. The average molecular weight is 362 g/mol. The Balaban J connectivity index is 2.22. The lowest BCUT2D eigenvalue weighted by molar-refractivity contribution is 0.390. The van der Waals surface area contributed by atoms with Gasteiger partial charge in [-0.05, 0) is 48.7 Å². The van der Waals surface area contributed by atoms with Crippen LogP contribution in [0.1, 0.15) is 33.7 Å². The topological polar surface area (TPSA) is 27.7 Å². The number of ether oxygens (including phenoxy) is 3. The highest BCUT2D eigenvalue weighted by Gasteiger charge is 2.23. The molecule has 0 bridgehead atoms. The van der Waals surface area contributed by atoms with Crippen molar-refractivity contribution in [1.82, 2.24) is 0 Å². The van der Waals surface area contributed by atoms with E-state index in [1.165, 1.54) is 16.7 Å². The highest BCUT2D eigenvalue weighted by atomic mass is 16.5. The summed E-state index contributed by atoms with van der Waals surface area (Å²) >= 11 is 0. The maximum atomic E-state index is 5.76. The first-order chi connectivity index (χ1) is 13.1. The highest BCUT2D eigenvalue weighted by Crippen LogP contribution is 2.41. The zero-order valence-corrected chi connectivity index (χ0v) is 16.6. The molecule has 3 aromatic carbocycles. The first-order valence-corrected chi connectivity index (χ1v) is 9.00. The largest absolute Gasteiger partial charge is 0.497 e. The van der Waals surface area contributed by atoms with E-state index in [0.29, 0.717) is 0 Å². The van der Waals surface area contributed by atoms with Crippen molar-refractivity contribution >= 4 is 0 Å². The Morgan fingerprint density at radius 3 is 1.70 bits per heavy atom. The molecule has 0 spiro atoms. The number of methoxy groups -OCH3 is 3. The van der Waals surface area contributed by atoms with E-state index in [-0.39, 0.29) is 5.92 Å². The van der Waals surface area contributed by atoms with E-state index in [1.807, 2.05) is 18.2 Å². The second kappa shape index (κ2) is 8.17. The van der Waals surface area contributed by atoms with Gasteiger partial charge in [0, 0.05) is 17.5 Å². The number of aryl methyl sites for hydroxylation is 2. The molecular formula is C24H26O3. The standard InChI is InChI=1S/C24H26O3/c1-16-6-8-18(9-7-16)24(19-10-12-20(25-3)13-11-19)23-17(2)14-21(26-4)15-22(23)27-5/h6-15,24H,1-5H3. The molecule has 0 saturated carbocycles. The maximum Gasteiger partial charge on any atom is 0.126 e. The Bertz CT molecular complexity index is 896. The molecule has 1 unspecified atom stereocenters. The smallest absolute Gasteiger partial charge is 0.126 e. The van der Waals surface area contributed by atoms with Crippen molar-refractivity contribution in [3.05, 3.63) is 88.5 Å². The molecular weight excluding hydrogens is 336 g/mol. The minimum absolute atomic E-state index is 0.0531. The van der Waals surface area contributed by atoms with Gasteiger partial charge in [0.05, 0.1) is 21.3 Å². The lowest BCUT2D eigenvalue weighted by Crippen LogP contribution is -2.08. The predicted molar refractivity (Wildman–Crippen MR) is 109 cm³/mol. The van der Waals surface area contributed by atoms with Crippen molar-refractivity contribution in [1.29, 1.82) is 0 Å². The molecule has 0 aliphatic carbocycles. The summed E-state index contributed by atoms with van der Waals surface area (Å²) in [5, 5.41) is 0. The minimum atomic E-state index is 0.0531. The summed E-state index contributed by atoms with van der Waals surface area (Å²) in [7, 11) is 5.07. The van der Waals surface area contributed by atoms with E-state index < -0.39 is 0 Å². The SMILES string of the molecule is COc1ccc(C(c2ccc(C)cc2)c2c(C)cc(OC)cc2OC)cc1. The predicted octanol–water partition coefficient (Wildman–Crippen LogP) is 5.51. The zero-order chi connectivity index (χ0) is 19.4. The fourth-order valence-corrected chi connectivity index (χ4v) is 3.47. The third-order valence-electron chi connectivity index (χ3n) is 4.93. The Kier molecular flexibility index (Phi) is 5.70. The molecule has 0 aromatic heterocycles. The van der Waals surface area contributed by atoms with Gasteiger partial charge in [-0.3, -0.25) is 0 Å². The van der Waals surface area contributed by atoms with Gasteiger partial charge in [0.2, 0.25) is 0 Å². The lowest BCUT2D eigenvalue weighted by atomic mass is 9.82. The van der Waals surface area contributed by atoms with Gasteiger partial charge in [0.15, 0.2) is 0 Å². The van der Waals surface area contributed by atoms with E-state index in [0.717, 1.165) is 28.4 Å². The van der Waals surface area contributed by atoms with E-state index in [2.05, 4.69) is 56.3 Å². The van der Waals surface area contributed by atoms with Crippen LogP contribution in [0.2, 0.25) is 0 Å². The highest BCUT2D eigenvalue weighted by molar-refractivity contribution is 5.55. The van der Waals surface area contributed by atoms with Gasteiger partial charge < -0.3 is 14.2 Å². The van der Waals surface area contributed by atoms with E-state index >= 15 is 0 Å². The van der Waals surface area contributed by atoms with E-state index in [4.69, 9.17) is 14.2 Å². The van der Waals surface area contributed by atoms with Crippen LogP contribution in [-0.2, 0) is 0 Å².